The molecule has 0 aliphatic rings. The van der Waals surface area contributed by atoms with Crippen molar-refractivity contribution in [1.82, 2.24) is 0 Å². The molecule has 6 heteroatoms. The average molecular weight is 251 g/mol. The summed E-state index contributed by atoms with van der Waals surface area (Å²) in [4.78, 5) is 21.7. The van der Waals surface area contributed by atoms with Crippen molar-refractivity contribution in [2.75, 3.05) is 19.5 Å². The van der Waals surface area contributed by atoms with Gasteiger partial charge in [-0.25, -0.2) is 4.79 Å². The van der Waals surface area contributed by atoms with E-state index in [-0.39, 0.29) is 0 Å². The van der Waals surface area contributed by atoms with Crippen LogP contribution in [0, 0.1) is 0 Å². The van der Waals surface area contributed by atoms with Crippen LogP contribution in [0.4, 0.5) is 5.69 Å². The van der Waals surface area contributed by atoms with Gasteiger partial charge in [0, 0.05) is 18.2 Å². The van der Waals surface area contributed by atoms with Gasteiger partial charge >= 0.3 is 5.97 Å². The van der Waals surface area contributed by atoms with Gasteiger partial charge in [0.1, 0.15) is 11.5 Å². The third kappa shape index (κ3) is 3.82. The van der Waals surface area contributed by atoms with Gasteiger partial charge in [0.05, 0.1) is 19.9 Å². The summed E-state index contributed by atoms with van der Waals surface area (Å²) in [6.45, 7) is 0. The Morgan fingerprint density at radius 3 is 2.50 bits per heavy atom. The predicted molar refractivity (Wildman–Crippen MR) is 65.0 cm³/mol. The summed E-state index contributed by atoms with van der Waals surface area (Å²) < 4.78 is 10.1. The molecule has 0 radical (unpaired) electrons. The first-order valence-electron chi connectivity index (χ1n) is 5.01. The molecular weight excluding hydrogens is 238 g/mol. The van der Waals surface area contributed by atoms with E-state index in [2.05, 4.69) is 5.32 Å². The van der Waals surface area contributed by atoms with Crippen LogP contribution in [0.5, 0.6) is 11.5 Å². The molecule has 96 valence electrons. The lowest BCUT2D eigenvalue weighted by molar-refractivity contribution is -0.131. The van der Waals surface area contributed by atoms with Gasteiger partial charge in [-0.05, 0) is 12.1 Å². The normalized spacial score (nSPS) is 10.1. The van der Waals surface area contributed by atoms with Gasteiger partial charge in [-0.3, -0.25) is 4.79 Å². The molecule has 1 aromatic carbocycles. The lowest BCUT2D eigenvalue weighted by atomic mass is 10.2. The molecule has 18 heavy (non-hydrogen) atoms. The Kier molecular flexibility index (Phi) is 4.74. The highest BCUT2D eigenvalue weighted by Crippen LogP contribution is 2.28. The van der Waals surface area contributed by atoms with Gasteiger partial charge in [0.25, 0.3) is 0 Å². The number of carbonyl (C=O) groups is 2. The molecule has 0 bridgehead atoms. The topological polar surface area (TPSA) is 84.9 Å². The van der Waals surface area contributed by atoms with Crippen LogP contribution in [0.25, 0.3) is 0 Å². The van der Waals surface area contributed by atoms with Crippen LogP contribution in [0.15, 0.2) is 30.4 Å². The van der Waals surface area contributed by atoms with Gasteiger partial charge in [-0.2, -0.15) is 0 Å². The fourth-order valence-electron chi connectivity index (χ4n) is 1.23. The maximum Gasteiger partial charge on any atom is 0.328 e. The Hall–Kier alpha value is -2.50. The van der Waals surface area contributed by atoms with Gasteiger partial charge in [-0.1, -0.05) is 0 Å². The number of methoxy groups -OCH3 is 2. The van der Waals surface area contributed by atoms with E-state index in [0.717, 1.165) is 12.2 Å². The number of rotatable bonds is 5. The first-order valence-corrected chi connectivity index (χ1v) is 5.01. The largest absolute Gasteiger partial charge is 0.497 e. The molecule has 0 atom stereocenters. The number of carbonyl (C=O) groups excluding carboxylic acids is 1. The number of hydrogen-bond acceptors (Lipinski definition) is 4. The molecule has 0 saturated heterocycles. The van der Waals surface area contributed by atoms with E-state index in [4.69, 9.17) is 14.6 Å². The molecule has 1 rings (SSSR count). The summed E-state index contributed by atoms with van der Waals surface area (Å²) in [6.07, 6.45) is 1.67. The summed E-state index contributed by atoms with van der Waals surface area (Å²) >= 11 is 0. The number of aliphatic carboxylic acids is 1. The number of benzene rings is 1. The van der Waals surface area contributed by atoms with E-state index in [1.54, 1.807) is 18.2 Å². The number of nitrogens with one attached hydrogen (secondary N) is 1. The number of anilines is 1. The first-order chi connectivity index (χ1) is 8.56. The zero-order valence-corrected chi connectivity index (χ0v) is 9.97. The van der Waals surface area contributed by atoms with E-state index >= 15 is 0 Å². The van der Waals surface area contributed by atoms with Crippen molar-refractivity contribution in [2.45, 2.75) is 0 Å². The van der Waals surface area contributed by atoms with E-state index < -0.39 is 11.9 Å². The molecule has 0 aromatic heterocycles. The van der Waals surface area contributed by atoms with E-state index in [1.165, 1.54) is 14.2 Å². The Morgan fingerprint density at radius 2 is 1.94 bits per heavy atom. The molecule has 0 heterocycles. The van der Waals surface area contributed by atoms with Crippen LogP contribution < -0.4 is 14.8 Å². The fourth-order valence-corrected chi connectivity index (χ4v) is 1.23. The van der Waals surface area contributed by atoms with E-state index in [0.29, 0.717) is 17.2 Å². The lowest BCUT2D eigenvalue weighted by Gasteiger charge is -2.10. The quantitative estimate of drug-likeness (QED) is 0.770. The van der Waals surface area contributed by atoms with Crippen molar-refractivity contribution >= 4 is 17.6 Å². The minimum Gasteiger partial charge on any atom is -0.497 e. The van der Waals surface area contributed by atoms with Crippen molar-refractivity contribution in [3.05, 3.63) is 30.4 Å². The Balaban J connectivity index is 2.88. The molecule has 0 saturated carbocycles. The van der Waals surface area contributed by atoms with E-state index in [9.17, 15) is 9.59 Å². The Morgan fingerprint density at radius 1 is 1.22 bits per heavy atom. The summed E-state index contributed by atoms with van der Waals surface area (Å²) in [5, 5.41) is 10.9. The van der Waals surface area contributed by atoms with Crippen LogP contribution in [-0.2, 0) is 9.59 Å². The predicted octanol–water partition coefficient (Wildman–Crippen LogP) is 1.28. The summed E-state index contributed by atoms with van der Waals surface area (Å²) in [7, 11) is 2.96. The molecular formula is C12H13NO5. The molecule has 0 aliphatic heterocycles. The second-order valence-electron chi connectivity index (χ2n) is 3.23. The highest BCUT2D eigenvalue weighted by Gasteiger charge is 2.07. The smallest absolute Gasteiger partial charge is 0.328 e. The average Bonchev–Trinajstić information content (AvgIpc) is 2.36. The van der Waals surface area contributed by atoms with Crippen molar-refractivity contribution in [3.63, 3.8) is 0 Å². The van der Waals surface area contributed by atoms with Crippen LogP contribution in [-0.4, -0.2) is 31.2 Å². The summed E-state index contributed by atoms with van der Waals surface area (Å²) in [5.41, 5.74) is 0.400. The molecule has 0 fully saturated rings. The maximum atomic E-state index is 11.4. The number of amides is 1. The molecule has 0 unspecified atom stereocenters. The van der Waals surface area contributed by atoms with Crippen molar-refractivity contribution in [2.24, 2.45) is 0 Å². The molecule has 2 N–H and O–H groups in total. The van der Waals surface area contributed by atoms with Crippen molar-refractivity contribution in [3.8, 4) is 11.5 Å². The second kappa shape index (κ2) is 6.29. The number of hydrogen-bond donors (Lipinski definition) is 2. The lowest BCUT2D eigenvalue weighted by Crippen LogP contribution is -2.09. The third-order valence-corrected chi connectivity index (χ3v) is 2.04. The monoisotopic (exact) mass is 251 g/mol. The highest BCUT2D eigenvalue weighted by atomic mass is 16.5. The SMILES string of the molecule is COc1ccc(OC)c(NC(=O)/C=C\C(=O)O)c1. The molecule has 6 nitrogen and oxygen atoms in total. The third-order valence-electron chi connectivity index (χ3n) is 2.04. The van der Waals surface area contributed by atoms with E-state index in [1.807, 2.05) is 0 Å². The van der Waals surface area contributed by atoms with Gasteiger partial charge < -0.3 is 19.9 Å². The second-order valence-corrected chi connectivity index (χ2v) is 3.23. The zero-order valence-electron chi connectivity index (χ0n) is 9.97. The number of carboxylic acids is 1. The summed E-state index contributed by atoms with van der Waals surface area (Å²) in [6, 6.07) is 4.89. The van der Waals surface area contributed by atoms with Gasteiger partial charge in [0.2, 0.25) is 5.91 Å². The molecule has 1 amide bonds. The van der Waals surface area contributed by atoms with Crippen molar-refractivity contribution < 1.29 is 24.2 Å². The first kappa shape index (κ1) is 13.6. The fraction of sp³-hybridized carbons (Fsp3) is 0.167. The molecule has 0 aliphatic carbocycles. The Bertz CT molecular complexity index is 481. The number of ether oxygens (including phenoxy) is 2. The number of carboxylic acid groups (broad SMARTS) is 1. The maximum absolute atomic E-state index is 11.4. The molecule has 1 aromatic rings. The van der Waals surface area contributed by atoms with Gasteiger partial charge in [-0.15, -0.1) is 0 Å². The van der Waals surface area contributed by atoms with Crippen LogP contribution in [0.3, 0.4) is 0 Å². The standard InChI is InChI=1S/C12H13NO5/c1-17-8-3-4-10(18-2)9(7-8)13-11(14)5-6-12(15)16/h3-7H,1-2H3,(H,13,14)(H,15,16)/b6-5-. The molecule has 0 spiro atoms. The summed E-state index contributed by atoms with van der Waals surface area (Å²) in [5.74, 6) is -0.757. The van der Waals surface area contributed by atoms with Crippen LogP contribution >= 0.6 is 0 Å². The Labute approximate surface area is 104 Å². The zero-order chi connectivity index (χ0) is 13.5. The van der Waals surface area contributed by atoms with Gasteiger partial charge in [0.15, 0.2) is 0 Å². The van der Waals surface area contributed by atoms with Crippen LogP contribution in [0.1, 0.15) is 0 Å². The van der Waals surface area contributed by atoms with Crippen LogP contribution in [0.2, 0.25) is 0 Å². The highest BCUT2D eigenvalue weighted by molar-refractivity contribution is 6.03. The minimum atomic E-state index is -1.19. The minimum absolute atomic E-state index is 0.400. The van der Waals surface area contributed by atoms with Crippen molar-refractivity contribution in [1.29, 1.82) is 0 Å².